The van der Waals surface area contributed by atoms with E-state index in [0.29, 0.717) is 18.9 Å². The molecule has 0 bridgehead atoms. The van der Waals surface area contributed by atoms with Crippen LogP contribution in [0.15, 0.2) is 78.9 Å². The molecule has 0 amide bonds. The molecule has 31 heavy (non-hydrogen) atoms. The maximum absolute atomic E-state index is 11.3. The van der Waals surface area contributed by atoms with Gasteiger partial charge in [-0.15, -0.1) is 0 Å². The number of hydrogen-bond donors (Lipinski definition) is 1. The molecular weight excluding hydrogens is 386 g/mol. The molecule has 0 aliphatic rings. The molecule has 0 radical (unpaired) electrons. The monoisotopic (exact) mass is 411 g/mol. The zero-order valence-corrected chi connectivity index (χ0v) is 17.5. The third kappa shape index (κ3) is 5.07. The summed E-state index contributed by atoms with van der Waals surface area (Å²) < 4.78 is 0. The molecule has 5 nitrogen and oxygen atoms in total. The fraction of sp³-hybridized carbons (Fsp3) is 0.192. The van der Waals surface area contributed by atoms with Crippen molar-refractivity contribution in [3.8, 4) is 11.4 Å². The predicted molar refractivity (Wildman–Crippen MR) is 124 cm³/mol. The molecule has 1 aromatic heterocycles. The van der Waals surface area contributed by atoms with Crippen LogP contribution in [-0.4, -0.2) is 34.1 Å². The van der Waals surface area contributed by atoms with E-state index in [4.69, 9.17) is 9.97 Å². The maximum Gasteiger partial charge on any atom is 0.305 e. The highest BCUT2D eigenvalue weighted by atomic mass is 16.4. The van der Waals surface area contributed by atoms with Crippen molar-refractivity contribution in [1.82, 2.24) is 9.97 Å². The summed E-state index contributed by atoms with van der Waals surface area (Å²) in [7, 11) is 0. The summed E-state index contributed by atoms with van der Waals surface area (Å²) in [6.07, 6.45) is 0.853. The molecule has 0 aliphatic carbocycles. The maximum atomic E-state index is 11.3. The molecular formula is C26H25N3O2. The largest absolute Gasteiger partial charge is 0.481 e. The van der Waals surface area contributed by atoms with Gasteiger partial charge in [-0.05, 0) is 37.1 Å². The predicted octanol–water partition coefficient (Wildman–Crippen LogP) is 5.13. The SMILES string of the molecule is Cc1cccc(-c2nc(N(CCC(=O)O)CCc3ccccc3)c3ccccc3n2)c1. The molecule has 0 unspecified atom stereocenters. The molecule has 0 aliphatic heterocycles. The molecule has 0 saturated heterocycles. The van der Waals surface area contributed by atoms with E-state index in [1.54, 1.807) is 0 Å². The lowest BCUT2D eigenvalue weighted by atomic mass is 10.1. The van der Waals surface area contributed by atoms with E-state index >= 15 is 0 Å². The van der Waals surface area contributed by atoms with Crippen LogP contribution in [0.4, 0.5) is 5.82 Å². The van der Waals surface area contributed by atoms with Gasteiger partial charge in [-0.3, -0.25) is 4.79 Å². The van der Waals surface area contributed by atoms with Gasteiger partial charge in [-0.2, -0.15) is 0 Å². The summed E-state index contributed by atoms with van der Waals surface area (Å²) in [6.45, 7) is 3.10. The normalized spacial score (nSPS) is 10.9. The van der Waals surface area contributed by atoms with Gasteiger partial charge in [-0.1, -0.05) is 66.2 Å². The van der Waals surface area contributed by atoms with E-state index in [1.165, 1.54) is 5.56 Å². The summed E-state index contributed by atoms with van der Waals surface area (Å²) in [6, 6.07) is 26.2. The topological polar surface area (TPSA) is 66.3 Å². The number of para-hydroxylation sites is 1. The van der Waals surface area contributed by atoms with Crippen LogP contribution in [0.1, 0.15) is 17.5 Å². The van der Waals surface area contributed by atoms with Gasteiger partial charge in [0.2, 0.25) is 0 Å². The minimum Gasteiger partial charge on any atom is -0.481 e. The zero-order valence-electron chi connectivity index (χ0n) is 17.5. The van der Waals surface area contributed by atoms with Crippen molar-refractivity contribution in [1.29, 1.82) is 0 Å². The van der Waals surface area contributed by atoms with E-state index in [-0.39, 0.29) is 6.42 Å². The summed E-state index contributed by atoms with van der Waals surface area (Å²) in [5.74, 6) is 0.610. The highest BCUT2D eigenvalue weighted by Crippen LogP contribution is 2.28. The van der Waals surface area contributed by atoms with Crippen molar-refractivity contribution >= 4 is 22.7 Å². The molecule has 4 rings (SSSR count). The molecule has 3 aromatic carbocycles. The van der Waals surface area contributed by atoms with Gasteiger partial charge in [0.1, 0.15) is 5.82 Å². The van der Waals surface area contributed by atoms with E-state index in [0.717, 1.165) is 34.3 Å². The van der Waals surface area contributed by atoms with Crippen molar-refractivity contribution in [2.24, 2.45) is 0 Å². The summed E-state index contributed by atoms with van der Waals surface area (Å²) in [4.78, 5) is 23.1. The lowest BCUT2D eigenvalue weighted by Gasteiger charge is -2.25. The molecule has 1 heterocycles. The molecule has 1 N–H and O–H groups in total. The van der Waals surface area contributed by atoms with Crippen molar-refractivity contribution in [2.75, 3.05) is 18.0 Å². The third-order valence-corrected chi connectivity index (χ3v) is 5.27. The minimum atomic E-state index is -0.818. The Morgan fingerprint density at radius 2 is 1.68 bits per heavy atom. The van der Waals surface area contributed by atoms with Gasteiger partial charge in [0.05, 0.1) is 11.9 Å². The molecule has 0 saturated carbocycles. The number of aryl methyl sites for hydroxylation is 1. The molecule has 0 spiro atoms. The highest BCUT2D eigenvalue weighted by Gasteiger charge is 2.17. The van der Waals surface area contributed by atoms with E-state index < -0.39 is 5.97 Å². The summed E-state index contributed by atoms with van der Waals surface area (Å²) in [5.41, 5.74) is 4.15. The fourth-order valence-corrected chi connectivity index (χ4v) is 3.68. The average Bonchev–Trinajstić information content (AvgIpc) is 2.79. The standard InChI is InChI=1S/C26H25N3O2/c1-19-8-7-11-21(18-19)25-27-23-13-6-5-12-22(23)26(28-25)29(17-15-24(30)31)16-14-20-9-3-2-4-10-20/h2-13,18H,14-17H2,1H3,(H,30,31). The van der Waals surface area contributed by atoms with Crippen molar-refractivity contribution in [3.05, 3.63) is 90.0 Å². The zero-order chi connectivity index (χ0) is 21.6. The Balaban J connectivity index is 1.77. The number of anilines is 1. The van der Waals surface area contributed by atoms with Crippen molar-refractivity contribution in [2.45, 2.75) is 19.8 Å². The third-order valence-electron chi connectivity index (χ3n) is 5.27. The van der Waals surface area contributed by atoms with E-state index in [2.05, 4.69) is 23.1 Å². The Hall–Kier alpha value is -3.73. The summed E-state index contributed by atoms with van der Waals surface area (Å²) in [5, 5.41) is 10.2. The van der Waals surface area contributed by atoms with Crippen LogP contribution >= 0.6 is 0 Å². The quantitative estimate of drug-likeness (QED) is 0.435. The lowest BCUT2D eigenvalue weighted by Crippen LogP contribution is -2.29. The van der Waals surface area contributed by atoms with Crippen LogP contribution in [0.3, 0.4) is 0 Å². The minimum absolute atomic E-state index is 0.0485. The highest BCUT2D eigenvalue weighted by molar-refractivity contribution is 5.91. The Morgan fingerprint density at radius 3 is 2.45 bits per heavy atom. The number of carboxylic acids is 1. The van der Waals surface area contributed by atoms with E-state index in [9.17, 15) is 9.90 Å². The van der Waals surface area contributed by atoms with Crippen LogP contribution in [0.25, 0.3) is 22.3 Å². The number of carbonyl (C=O) groups is 1. The van der Waals surface area contributed by atoms with Gasteiger partial charge in [-0.25, -0.2) is 9.97 Å². The van der Waals surface area contributed by atoms with E-state index in [1.807, 2.05) is 67.6 Å². The molecule has 0 atom stereocenters. The number of aliphatic carboxylic acids is 1. The number of carboxylic acid groups (broad SMARTS) is 1. The Morgan fingerprint density at radius 1 is 0.903 bits per heavy atom. The Bertz CT molecular complexity index is 1190. The molecule has 156 valence electrons. The van der Waals surface area contributed by atoms with Crippen LogP contribution in [-0.2, 0) is 11.2 Å². The van der Waals surface area contributed by atoms with Gasteiger partial charge in [0.15, 0.2) is 5.82 Å². The first-order valence-electron chi connectivity index (χ1n) is 10.4. The van der Waals surface area contributed by atoms with Crippen LogP contribution in [0.5, 0.6) is 0 Å². The second-order valence-corrected chi connectivity index (χ2v) is 7.62. The summed E-state index contributed by atoms with van der Waals surface area (Å²) >= 11 is 0. The Labute approximate surface area is 182 Å². The fourth-order valence-electron chi connectivity index (χ4n) is 3.68. The van der Waals surface area contributed by atoms with Crippen molar-refractivity contribution < 1.29 is 9.90 Å². The number of rotatable bonds is 8. The number of nitrogens with zero attached hydrogens (tertiary/aromatic N) is 3. The van der Waals surface area contributed by atoms with Gasteiger partial charge in [0.25, 0.3) is 0 Å². The second kappa shape index (κ2) is 9.39. The molecule has 0 fully saturated rings. The van der Waals surface area contributed by atoms with Crippen LogP contribution in [0, 0.1) is 6.92 Å². The first kappa shape index (κ1) is 20.5. The average molecular weight is 412 g/mol. The number of benzene rings is 3. The van der Waals surface area contributed by atoms with Gasteiger partial charge in [0, 0.05) is 24.0 Å². The van der Waals surface area contributed by atoms with Crippen LogP contribution < -0.4 is 4.90 Å². The molecule has 5 heteroatoms. The second-order valence-electron chi connectivity index (χ2n) is 7.62. The van der Waals surface area contributed by atoms with Crippen molar-refractivity contribution in [3.63, 3.8) is 0 Å². The first-order chi connectivity index (χ1) is 15.1. The van der Waals surface area contributed by atoms with Gasteiger partial charge < -0.3 is 10.0 Å². The molecule has 4 aromatic rings. The number of fused-ring (bicyclic) bond motifs is 1. The Kier molecular flexibility index (Phi) is 6.22. The number of hydrogen-bond acceptors (Lipinski definition) is 4. The number of aromatic nitrogens is 2. The smallest absolute Gasteiger partial charge is 0.305 e. The first-order valence-corrected chi connectivity index (χ1v) is 10.4. The van der Waals surface area contributed by atoms with Gasteiger partial charge >= 0.3 is 5.97 Å². The van der Waals surface area contributed by atoms with Crippen LogP contribution in [0.2, 0.25) is 0 Å². The lowest BCUT2D eigenvalue weighted by molar-refractivity contribution is -0.136.